The number of halogens is 1. The molecule has 0 radical (unpaired) electrons. The standard InChI is InChI=1S/C28H29FN2O8/c1-39-6-2-5-31-11-12-3-4-15-16(7-12)23(33)20-17(22(15)29)9-13-8-14-10-18(32)21(27(30)37)26(36)28(14,38)25(35)19(13)24(20)34/h3-4,7,13-14,31-33,35,38H,2,5-6,8-11H2,1H3,(H2,30,37)/t13-,14?,28+/m1/s1. The first-order valence-corrected chi connectivity index (χ1v) is 12.6. The van der Waals surface area contributed by atoms with Gasteiger partial charge in [-0.1, -0.05) is 12.1 Å². The number of hydrogen-bond acceptors (Lipinski definition) is 9. The predicted octanol–water partition coefficient (Wildman–Crippen LogP) is 2.00. The molecule has 0 heterocycles. The number of carbonyl (C=O) groups excluding carboxylic acids is 3. The molecule has 1 amide bonds. The Bertz CT molecular complexity index is 1500. The van der Waals surface area contributed by atoms with Crippen LogP contribution in [-0.4, -0.2) is 63.8 Å². The Hall–Kier alpha value is -3.80. The maximum absolute atomic E-state index is 15.8. The Labute approximate surface area is 222 Å². The number of aliphatic hydroxyl groups is 3. The Balaban J connectivity index is 1.58. The minimum atomic E-state index is -2.66. The number of hydrogen-bond donors (Lipinski definition) is 6. The van der Waals surface area contributed by atoms with Gasteiger partial charge in [0.15, 0.2) is 11.4 Å². The summed E-state index contributed by atoms with van der Waals surface area (Å²) in [5.74, 6) is -8.10. The molecule has 3 aliphatic carbocycles. The molecule has 7 N–H and O–H groups in total. The summed E-state index contributed by atoms with van der Waals surface area (Å²) in [6, 6.07) is 4.84. The van der Waals surface area contributed by atoms with Gasteiger partial charge in [0, 0.05) is 54.5 Å². The molecule has 10 nitrogen and oxygen atoms in total. The number of methoxy groups -OCH3 is 1. The minimum absolute atomic E-state index is 0.0258. The summed E-state index contributed by atoms with van der Waals surface area (Å²) in [4.78, 5) is 38.5. The quantitative estimate of drug-likeness (QED) is 0.226. The number of Topliss-reactive ketones (excluding diaryl/α,β-unsaturated/α-hetero) is 2. The molecule has 206 valence electrons. The average molecular weight is 541 g/mol. The van der Waals surface area contributed by atoms with Crippen LogP contribution in [0.3, 0.4) is 0 Å². The third-order valence-electron chi connectivity index (χ3n) is 8.06. The number of ether oxygens (including phenoxy) is 1. The number of nitrogens with two attached hydrogens (primary N) is 1. The van der Waals surface area contributed by atoms with Gasteiger partial charge in [-0.2, -0.15) is 0 Å². The molecule has 2 aromatic rings. The van der Waals surface area contributed by atoms with Crippen LogP contribution in [0.25, 0.3) is 10.8 Å². The number of primary amides is 1. The number of aliphatic hydroxyl groups excluding tert-OH is 2. The molecule has 0 fully saturated rings. The van der Waals surface area contributed by atoms with Crippen molar-refractivity contribution in [2.75, 3.05) is 20.3 Å². The molecule has 0 bridgehead atoms. The molecule has 0 aliphatic heterocycles. The Morgan fingerprint density at radius 2 is 1.95 bits per heavy atom. The Morgan fingerprint density at radius 3 is 2.64 bits per heavy atom. The van der Waals surface area contributed by atoms with Gasteiger partial charge in [-0.25, -0.2) is 4.39 Å². The number of carbonyl (C=O) groups is 3. The van der Waals surface area contributed by atoms with Crippen molar-refractivity contribution in [3.63, 3.8) is 0 Å². The van der Waals surface area contributed by atoms with E-state index in [0.717, 1.165) is 12.0 Å². The van der Waals surface area contributed by atoms with Crippen molar-refractivity contribution < 1.29 is 43.9 Å². The fourth-order valence-electron chi connectivity index (χ4n) is 6.17. The van der Waals surface area contributed by atoms with Crippen LogP contribution < -0.4 is 11.1 Å². The highest BCUT2D eigenvalue weighted by Gasteiger charge is 2.59. The SMILES string of the molecule is COCCCNCc1ccc2c(F)c3c(c(O)c2c1)C(=O)C1=C(O)[C@]2(O)C(=O)C(C(N)=O)=C(O)CC2C[C@@H]1C3. The van der Waals surface area contributed by atoms with Crippen molar-refractivity contribution in [2.45, 2.75) is 37.8 Å². The maximum atomic E-state index is 15.8. The lowest BCUT2D eigenvalue weighted by Crippen LogP contribution is -2.57. The van der Waals surface area contributed by atoms with Crippen LogP contribution in [0.4, 0.5) is 4.39 Å². The lowest BCUT2D eigenvalue weighted by atomic mass is 9.60. The molecule has 2 aromatic carbocycles. The normalized spacial score (nSPS) is 24.6. The molecule has 0 spiro atoms. The second-order valence-corrected chi connectivity index (χ2v) is 10.3. The first-order chi connectivity index (χ1) is 18.5. The molecule has 3 aliphatic rings. The summed E-state index contributed by atoms with van der Waals surface area (Å²) in [6.45, 7) is 1.70. The van der Waals surface area contributed by atoms with Gasteiger partial charge >= 0.3 is 0 Å². The first kappa shape index (κ1) is 26.8. The van der Waals surface area contributed by atoms with E-state index in [1.54, 1.807) is 19.2 Å². The summed E-state index contributed by atoms with van der Waals surface area (Å²) in [7, 11) is 1.61. The van der Waals surface area contributed by atoms with E-state index >= 15 is 4.39 Å². The van der Waals surface area contributed by atoms with Gasteiger partial charge in [0.25, 0.3) is 5.91 Å². The van der Waals surface area contributed by atoms with E-state index in [4.69, 9.17) is 10.5 Å². The molecule has 0 aromatic heterocycles. The van der Waals surface area contributed by atoms with Crippen molar-refractivity contribution in [1.29, 1.82) is 0 Å². The lowest BCUT2D eigenvalue weighted by Gasteiger charge is -2.45. The number of ketones is 2. The van der Waals surface area contributed by atoms with E-state index in [-0.39, 0.29) is 46.7 Å². The van der Waals surface area contributed by atoms with Gasteiger partial charge in [0.1, 0.15) is 28.7 Å². The van der Waals surface area contributed by atoms with Crippen LogP contribution in [0.1, 0.15) is 40.7 Å². The minimum Gasteiger partial charge on any atom is -0.511 e. The van der Waals surface area contributed by atoms with Crippen LogP contribution in [0.5, 0.6) is 5.75 Å². The molecule has 1 unspecified atom stereocenters. The summed E-state index contributed by atoms with van der Waals surface area (Å²) in [5.41, 5.74) is 1.75. The number of nitrogens with one attached hydrogen (secondary N) is 1. The fraction of sp³-hybridized carbons (Fsp3) is 0.393. The highest BCUT2D eigenvalue weighted by atomic mass is 19.1. The van der Waals surface area contributed by atoms with Gasteiger partial charge in [-0.3, -0.25) is 14.4 Å². The molecule has 11 heteroatoms. The Morgan fingerprint density at radius 1 is 1.21 bits per heavy atom. The summed E-state index contributed by atoms with van der Waals surface area (Å²) in [5, 5.41) is 47.3. The highest BCUT2D eigenvalue weighted by molar-refractivity contribution is 6.24. The molecule has 5 rings (SSSR count). The van der Waals surface area contributed by atoms with Gasteiger partial charge in [-0.15, -0.1) is 0 Å². The monoisotopic (exact) mass is 540 g/mol. The van der Waals surface area contributed by atoms with Crippen molar-refractivity contribution in [2.24, 2.45) is 17.6 Å². The van der Waals surface area contributed by atoms with E-state index < -0.39 is 63.6 Å². The van der Waals surface area contributed by atoms with Gasteiger partial charge in [0.05, 0.1) is 5.56 Å². The summed E-state index contributed by atoms with van der Waals surface area (Å²) in [6.07, 6.45) is 0.294. The number of rotatable bonds is 7. The average Bonchev–Trinajstić information content (AvgIpc) is 2.88. The third kappa shape index (κ3) is 4.00. The van der Waals surface area contributed by atoms with Crippen molar-refractivity contribution >= 4 is 28.2 Å². The van der Waals surface area contributed by atoms with Gasteiger partial charge in [-0.05, 0) is 43.4 Å². The highest BCUT2D eigenvalue weighted by Crippen LogP contribution is 2.52. The smallest absolute Gasteiger partial charge is 0.255 e. The molecule has 0 saturated heterocycles. The fourth-order valence-corrected chi connectivity index (χ4v) is 6.17. The number of allylic oxidation sites excluding steroid dienone is 2. The van der Waals surface area contributed by atoms with Crippen molar-refractivity contribution in [3.8, 4) is 5.75 Å². The van der Waals surface area contributed by atoms with Crippen molar-refractivity contribution in [1.82, 2.24) is 5.32 Å². The number of benzene rings is 2. The number of phenols is 1. The second kappa shape index (κ2) is 9.74. The molecule has 39 heavy (non-hydrogen) atoms. The second-order valence-electron chi connectivity index (χ2n) is 10.3. The van der Waals surface area contributed by atoms with Crippen LogP contribution in [0, 0.1) is 17.7 Å². The van der Waals surface area contributed by atoms with E-state index in [1.807, 2.05) is 0 Å². The van der Waals surface area contributed by atoms with E-state index in [2.05, 4.69) is 5.32 Å². The van der Waals surface area contributed by atoms with Crippen LogP contribution in [0.2, 0.25) is 0 Å². The number of aromatic hydroxyl groups is 1. The maximum Gasteiger partial charge on any atom is 0.255 e. The molecular formula is C28H29FN2O8. The van der Waals surface area contributed by atoms with Crippen LogP contribution in [-0.2, 0) is 27.3 Å². The van der Waals surface area contributed by atoms with Crippen molar-refractivity contribution in [3.05, 3.63) is 63.4 Å². The van der Waals surface area contributed by atoms with Gasteiger partial charge < -0.3 is 36.2 Å². The predicted molar refractivity (Wildman–Crippen MR) is 136 cm³/mol. The molecular weight excluding hydrogens is 511 g/mol. The zero-order valence-electron chi connectivity index (χ0n) is 21.2. The summed E-state index contributed by atoms with van der Waals surface area (Å²) >= 11 is 0. The van der Waals surface area contributed by atoms with Crippen LogP contribution in [0.15, 0.2) is 40.9 Å². The Kier molecular flexibility index (Phi) is 6.69. The number of phenolic OH excluding ortho intramolecular Hbond substituents is 1. The molecule has 0 saturated carbocycles. The molecule has 3 atom stereocenters. The van der Waals surface area contributed by atoms with E-state index in [0.29, 0.717) is 19.7 Å². The van der Waals surface area contributed by atoms with E-state index in [1.165, 1.54) is 6.07 Å². The number of fused-ring (bicyclic) bond motifs is 4. The summed E-state index contributed by atoms with van der Waals surface area (Å²) < 4.78 is 20.8. The van der Waals surface area contributed by atoms with Crippen LogP contribution >= 0.6 is 0 Å². The topological polar surface area (TPSA) is 179 Å². The lowest BCUT2D eigenvalue weighted by molar-refractivity contribution is -0.144. The van der Waals surface area contributed by atoms with Gasteiger partial charge in [0.2, 0.25) is 5.78 Å². The third-order valence-corrected chi connectivity index (χ3v) is 8.06. The number of amides is 1. The zero-order valence-corrected chi connectivity index (χ0v) is 21.2. The van der Waals surface area contributed by atoms with E-state index in [9.17, 15) is 34.8 Å². The largest absolute Gasteiger partial charge is 0.511 e. The zero-order chi connectivity index (χ0) is 28.2. The first-order valence-electron chi connectivity index (χ1n) is 12.6.